The summed E-state index contributed by atoms with van der Waals surface area (Å²) in [6.07, 6.45) is 3.23. The Morgan fingerprint density at radius 3 is 2.37 bits per heavy atom. The Morgan fingerprint density at radius 2 is 1.77 bits per heavy atom. The minimum absolute atomic E-state index is 0.0370. The van der Waals surface area contributed by atoms with E-state index < -0.39 is 12.0 Å². The summed E-state index contributed by atoms with van der Waals surface area (Å²) >= 11 is 0. The molecule has 0 aromatic carbocycles. The Kier molecular flexibility index (Phi) is 9.12. The first-order valence-electron chi connectivity index (χ1n) is 15.4. The number of nitrogens with zero attached hydrogens (tertiary/aromatic N) is 7. The van der Waals surface area contributed by atoms with Crippen LogP contribution in [0, 0.1) is 6.92 Å². The van der Waals surface area contributed by atoms with Gasteiger partial charge in [-0.3, -0.25) is 9.69 Å². The minimum atomic E-state index is -2.71. The van der Waals surface area contributed by atoms with Gasteiger partial charge in [0.05, 0.1) is 17.5 Å². The number of rotatable bonds is 6. The number of pyridine rings is 1. The zero-order valence-corrected chi connectivity index (χ0v) is 25.7. The van der Waals surface area contributed by atoms with E-state index in [1.165, 1.54) is 12.2 Å². The highest BCUT2D eigenvalue weighted by molar-refractivity contribution is 5.87. The fraction of sp³-hybridized carbons (Fsp3) is 0.562. The third-order valence-electron chi connectivity index (χ3n) is 9.19. The first-order chi connectivity index (χ1) is 20.7. The van der Waals surface area contributed by atoms with E-state index in [1.54, 1.807) is 6.20 Å². The summed E-state index contributed by atoms with van der Waals surface area (Å²) in [5.74, 6) is 0.525. The number of carbonyl (C=O) groups excluding carboxylic acids is 1. The number of ether oxygens (including phenoxy) is 1. The van der Waals surface area contributed by atoms with Crippen molar-refractivity contribution in [2.45, 2.75) is 64.7 Å². The Bertz CT molecular complexity index is 1350. The quantitative estimate of drug-likeness (QED) is 0.437. The summed E-state index contributed by atoms with van der Waals surface area (Å²) in [4.78, 5) is 24.8. The van der Waals surface area contributed by atoms with Gasteiger partial charge in [0.1, 0.15) is 17.6 Å². The molecule has 3 fully saturated rings. The molecule has 4 aliphatic rings. The van der Waals surface area contributed by atoms with Crippen LogP contribution in [-0.2, 0) is 15.1 Å². The van der Waals surface area contributed by atoms with Gasteiger partial charge in [-0.05, 0) is 38.3 Å². The lowest BCUT2D eigenvalue weighted by atomic mass is 9.83. The predicted octanol–water partition coefficient (Wildman–Crippen LogP) is 4.89. The molecule has 0 saturated carbocycles. The van der Waals surface area contributed by atoms with Crippen LogP contribution in [0.4, 0.5) is 20.3 Å². The summed E-state index contributed by atoms with van der Waals surface area (Å²) in [6.45, 7) is 21.1. The number of piperazine rings is 1. The zero-order valence-electron chi connectivity index (χ0n) is 25.7. The minimum Gasteiger partial charge on any atom is -0.368 e. The van der Waals surface area contributed by atoms with Crippen LogP contribution >= 0.6 is 0 Å². The van der Waals surface area contributed by atoms with Gasteiger partial charge in [0.2, 0.25) is 5.91 Å². The van der Waals surface area contributed by atoms with Crippen LogP contribution in [0.5, 0.6) is 0 Å². The molecule has 3 saturated heterocycles. The van der Waals surface area contributed by atoms with Gasteiger partial charge in [-0.2, -0.15) is 10.2 Å². The maximum atomic E-state index is 14.3. The molecule has 0 aliphatic carbocycles. The number of alkyl halides is 2. The van der Waals surface area contributed by atoms with Crippen LogP contribution in [0.1, 0.15) is 74.2 Å². The summed E-state index contributed by atoms with van der Waals surface area (Å²) in [7, 11) is 0. The molecule has 2 aromatic heterocycles. The first-order valence-corrected chi connectivity index (χ1v) is 15.4. The lowest BCUT2D eigenvalue weighted by Gasteiger charge is -2.49. The summed E-state index contributed by atoms with van der Waals surface area (Å²) < 4.78 is 35.1. The zero-order chi connectivity index (χ0) is 30.9. The van der Waals surface area contributed by atoms with Crippen LogP contribution in [0.25, 0.3) is 6.08 Å². The van der Waals surface area contributed by atoms with Crippen molar-refractivity contribution in [2.75, 3.05) is 62.2 Å². The Labute approximate surface area is 253 Å². The molecular weight excluding hydrogens is 552 g/mol. The molecule has 0 unspecified atom stereocenters. The van der Waals surface area contributed by atoms with E-state index in [-0.39, 0.29) is 17.7 Å². The van der Waals surface area contributed by atoms with Gasteiger partial charge in [-0.25, -0.2) is 13.8 Å². The lowest BCUT2D eigenvalue weighted by Crippen LogP contribution is -2.63. The van der Waals surface area contributed by atoms with E-state index in [0.29, 0.717) is 56.4 Å². The number of hydrogen-bond acceptors (Lipinski definition) is 8. The van der Waals surface area contributed by atoms with Gasteiger partial charge >= 0.3 is 0 Å². The number of fused-ring (bicyclic) bond motifs is 2. The molecule has 1 atom stereocenters. The highest BCUT2D eigenvalue weighted by atomic mass is 19.3. The fourth-order valence-electron chi connectivity index (χ4n) is 6.96. The monoisotopic (exact) mass is 595 g/mol. The van der Waals surface area contributed by atoms with Crippen molar-refractivity contribution in [3.8, 4) is 0 Å². The fourth-order valence-corrected chi connectivity index (χ4v) is 6.96. The van der Waals surface area contributed by atoms with Crippen LogP contribution in [-0.4, -0.2) is 89.3 Å². The molecule has 232 valence electrons. The van der Waals surface area contributed by atoms with Gasteiger partial charge < -0.3 is 19.4 Å². The maximum Gasteiger partial charge on any atom is 0.281 e. The topological polar surface area (TPSA) is 77.9 Å². The Hall–Kier alpha value is -3.44. The number of piperidine rings is 1. The molecule has 1 amide bonds. The molecule has 0 radical (unpaired) electrons. The highest BCUT2D eigenvalue weighted by Gasteiger charge is 2.48. The highest BCUT2D eigenvalue weighted by Crippen LogP contribution is 2.50. The van der Waals surface area contributed by atoms with Gasteiger partial charge in [-0.1, -0.05) is 33.1 Å². The molecule has 9 nitrogen and oxygen atoms in total. The van der Waals surface area contributed by atoms with E-state index in [4.69, 9.17) is 4.74 Å². The summed E-state index contributed by atoms with van der Waals surface area (Å²) in [6, 6.07) is 2.25. The average Bonchev–Trinajstić information content (AvgIpc) is 3.28. The van der Waals surface area contributed by atoms with Crippen molar-refractivity contribution in [1.29, 1.82) is 0 Å². The lowest BCUT2D eigenvalue weighted by molar-refractivity contribution is -0.128. The van der Waals surface area contributed by atoms with Gasteiger partial charge in [-0.15, -0.1) is 0 Å². The van der Waals surface area contributed by atoms with Gasteiger partial charge in [0.15, 0.2) is 0 Å². The standard InChI is InChI=1S/C30H37F2N7O2.C2H6/c1-5-22-23(39-17-21(18-39)36-11-13-38(14-12-36)25(40)6-2)15-24(34-28(22)29(31)32)37-9-7-30(8-10-37)26-19(3)16-33-35-27(26)20(4)41-30;1-2/h5-6,15-16,20-21,29H,1-2,7-14,17-18H2,3-4H3;1-2H3/t20-;/m1./s1. The number of halogens is 2. The van der Waals surface area contributed by atoms with Crippen LogP contribution in [0.2, 0.25) is 0 Å². The van der Waals surface area contributed by atoms with Crippen molar-refractivity contribution in [2.24, 2.45) is 0 Å². The first kappa shape index (κ1) is 31.0. The molecule has 6 heterocycles. The number of hydrogen-bond donors (Lipinski definition) is 0. The van der Waals surface area contributed by atoms with Crippen molar-refractivity contribution >= 4 is 23.5 Å². The molecule has 43 heavy (non-hydrogen) atoms. The SMILES string of the molecule is C=CC(=O)N1CCN(C2CN(c3cc(N4CCC5(CC4)O[C@H](C)c4nncc(C)c45)nc(C(F)F)c3C=C)C2)CC1.CC. The van der Waals surface area contributed by atoms with Crippen molar-refractivity contribution in [3.63, 3.8) is 0 Å². The van der Waals surface area contributed by atoms with Crippen molar-refractivity contribution < 1.29 is 18.3 Å². The normalized spacial score (nSPS) is 21.7. The molecule has 2 aromatic rings. The number of aromatic nitrogens is 3. The van der Waals surface area contributed by atoms with E-state index in [0.717, 1.165) is 48.7 Å². The predicted molar refractivity (Wildman–Crippen MR) is 164 cm³/mol. The van der Waals surface area contributed by atoms with Crippen LogP contribution in [0.15, 0.2) is 31.5 Å². The number of amides is 1. The molecule has 0 bridgehead atoms. The van der Waals surface area contributed by atoms with Crippen molar-refractivity contribution in [3.05, 3.63) is 59.6 Å². The van der Waals surface area contributed by atoms with Crippen LogP contribution in [0.3, 0.4) is 0 Å². The average molecular weight is 596 g/mol. The Morgan fingerprint density at radius 1 is 1.09 bits per heavy atom. The molecule has 11 heteroatoms. The van der Waals surface area contributed by atoms with E-state index >= 15 is 0 Å². The number of aryl methyl sites for hydroxylation is 1. The third kappa shape index (κ3) is 5.64. The Balaban J connectivity index is 0.00000180. The smallest absolute Gasteiger partial charge is 0.281 e. The third-order valence-corrected chi connectivity index (χ3v) is 9.19. The molecule has 4 aliphatic heterocycles. The molecule has 1 spiro atoms. The van der Waals surface area contributed by atoms with E-state index in [9.17, 15) is 13.6 Å². The van der Waals surface area contributed by atoms with Crippen LogP contribution < -0.4 is 9.80 Å². The maximum absolute atomic E-state index is 14.3. The number of anilines is 2. The second-order valence-corrected chi connectivity index (χ2v) is 11.5. The summed E-state index contributed by atoms with van der Waals surface area (Å²) in [5.41, 5.74) is 3.58. The molecule has 6 rings (SSSR count). The second kappa shape index (κ2) is 12.7. The largest absolute Gasteiger partial charge is 0.368 e. The van der Waals surface area contributed by atoms with E-state index in [1.807, 2.05) is 38.7 Å². The second-order valence-electron chi connectivity index (χ2n) is 11.5. The van der Waals surface area contributed by atoms with E-state index in [2.05, 4.69) is 43.0 Å². The summed E-state index contributed by atoms with van der Waals surface area (Å²) in [5, 5.41) is 8.48. The molecule has 0 N–H and O–H groups in total. The number of carbonyl (C=O) groups is 1. The molecular formula is C32H43F2N7O2. The van der Waals surface area contributed by atoms with Crippen molar-refractivity contribution in [1.82, 2.24) is 25.0 Å². The van der Waals surface area contributed by atoms with Gasteiger partial charge in [0.25, 0.3) is 6.43 Å². The van der Waals surface area contributed by atoms with Gasteiger partial charge in [0, 0.05) is 81.3 Å².